The SMILES string of the molecule is CCC1CC(C#N)(C2CC2)C(=O)N1. The fourth-order valence-corrected chi connectivity index (χ4v) is 2.21. The van der Waals surface area contributed by atoms with Gasteiger partial charge in [-0.1, -0.05) is 6.92 Å². The highest BCUT2D eigenvalue weighted by molar-refractivity contribution is 5.88. The van der Waals surface area contributed by atoms with Gasteiger partial charge in [0.1, 0.15) is 5.41 Å². The predicted octanol–water partition coefficient (Wildman–Crippen LogP) is 1.20. The van der Waals surface area contributed by atoms with Gasteiger partial charge in [0.05, 0.1) is 6.07 Å². The van der Waals surface area contributed by atoms with Crippen LogP contribution in [0.5, 0.6) is 0 Å². The van der Waals surface area contributed by atoms with E-state index in [4.69, 9.17) is 5.26 Å². The second-order valence-electron chi connectivity index (χ2n) is 4.14. The third-order valence-corrected chi connectivity index (χ3v) is 3.28. The molecule has 1 amide bonds. The van der Waals surface area contributed by atoms with Gasteiger partial charge in [0.15, 0.2) is 0 Å². The number of nitrogens with one attached hydrogen (secondary N) is 1. The average Bonchev–Trinajstić information content (AvgIpc) is 2.92. The van der Waals surface area contributed by atoms with Crippen molar-refractivity contribution in [1.29, 1.82) is 5.26 Å². The van der Waals surface area contributed by atoms with Crippen LogP contribution in [-0.2, 0) is 4.79 Å². The summed E-state index contributed by atoms with van der Waals surface area (Å²) in [6.45, 7) is 2.05. The van der Waals surface area contributed by atoms with Gasteiger partial charge in [-0.2, -0.15) is 5.26 Å². The van der Waals surface area contributed by atoms with Crippen molar-refractivity contribution in [3.63, 3.8) is 0 Å². The molecule has 1 N–H and O–H groups in total. The van der Waals surface area contributed by atoms with E-state index < -0.39 is 5.41 Å². The lowest BCUT2D eigenvalue weighted by molar-refractivity contribution is -0.126. The predicted molar refractivity (Wildman–Crippen MR) is 47.6 cm³/mol. The molecule has 0 aromatic carbocycles. The van der Waals surface area contributed by atoms with Gasteiger partial charge in [0, 0.05) is 6.04 Å². The molecule has 1 aliphatic heterocycles. The second kappa shape index (κ2) is 2.73. The minimum Gasteiger partial charge on any atom is -0.352 e. The molecule has 1 heterocycles. The van der Waals surface area contributed by atoms with Gasteiger partial charge in [-0.3, -0.25) is 4.79 Å². The number of nitriles is 1. The first kappa shape index (κ1) is 8.55. The molecular formula is C10H14N2O. The highest BCUT2D eigenvalue weighted by Gasteiger charge is 2.56. The minimum absolute atomic E-state index is 0.0237. The van der Waals surface area contributed by atoms with Crippen molar-refractivity contribution in [2.75, 3.05) is 0 Å². The van der Waals surface area contributed by atoms with Crippen LogP contribution in [0.25, 0.3) is 0 Å². The fourth-order valence-electron chi connectivity index (χ4n) is 2.21. The molecular weight excluding hydrogens is 164 g/mol. The molecule has 70 valence electrons. The zero-order valence-corrected chi connectivity index (χ0v) is 7.84. The summed E-state index contributed by atoms with van der Waals surface area (Å²) < 4.78 is 0. The molecule has 2 atom stereocenters. The van der Waals surface area contributed by atoms with Gasteiger partial charge in [0.2, 0.25) is 5.91 Å². The average molecular weight is 178 g/mol. The van der Waals surface area contributed by atoms with Crippen molar-refractivity contribution in [2.45, 2.75) is 38.6 Å². The largest absolute Gasteiger partial charge is 0.352 e. The van der Waals surface area contributed by atoms with Crippen molar-refractivity contribution >= 4 is 5.91 Å². The van der Waals surface area contributed by atoms with Crippen LogP contribution in [0.3, 0.4) is 0 Å². The third kappa shape index (κ3) is 1.13. The van der Waals surface area contributed by atoms with E-state index >= 15 is 0 Å². The first-order valence-electron chi connectivity index (χ1n) is 4.95. The zero-order valence-electron chi connectivity index (χ0n) is 7.84. The molecule has 2 unspecified atom stereocenters. The van der Waals surface area contributed by atoms with Crippen LogP contribution < -0.4 is 5.32 Å². The fraction of sp³-hybridized carbons (Fsp3) is 0.800. The molecule has 1 saturated carbocycles. The highest BCUT2D eigenvalue weighted by atomic mass is 16.2. The van der Waals surface area contributed by atoms with Gasteiger partial charge in [-0.05, 0) is 31.6 Å². The number of rotatable bonds is 2. The summed E-state index contributed by atoms with van der Waals surface area (Å²) >= 11 is 0. The Morgan fingerprint density at radius 3 is 2.77 bits per heavy atom. The summed E-state index contributed by atoms with van der Waals surface area (Å²) in [7, 11) is 0. The lowest BCUT2D eigenvalue weighted by Gasteiger charge is -2.15. The van der Waals surface area contributed by atoms with Crippen LogP contribution in [0.2, 0.25) is 0 Å². The number of carbonyl (C=O) groups is 1. The molecule has 3 nitrogen and oxygen atoms in total. The molecule has 0 aromatic heterocycles. The van der Waals surface area contributed by atoms with Crippen LogP contribution in [0.4, 0.5) is 0 Å². The summed E-state index contributed by atoms with van der Waals surface area (Å²) in [5.74, 6) is 0.318. The number of carbonyl (C=O) groups excluding carboxylic acids is 1. The quantitative estimate of drug-likeness (QED) is 0.690. The molecule has 3 heteroatoms. The Hall–Kier alpha value is -1.04. The van der Waals surface area contributed by atoms with Gasteiger partial charge >= 0.3 is 0 Å². The van der Waals surface area contributed by atoms with E-state index in [0.29, 0.717) is 5.92 Å². The third-order valence-electron chi connectivity index (χ3n) is 3.28. The Morgan fingerprint density at radius 1 is 1.69 bits per heavy atom. The summed E-state index contributed by atoms with van der Waals surface area (Å²) in [5, 5.41) is 12.0. The molecule has 0 aromatic rings. The van der Waals surface area contributed by atoms with Crippen molar-refractivity contribution in [1.82, 2.24) is 5.32 Å². The summed E-state index contributed by atoms with van der Waals surface area (Å²) in [6, 6.07) is 2.47. The number of hydrogen-bond donors (Lipinski definition) is 1. The zero-order chi connectivity index (χ0) is 9.47. The van der Waals surface area contributed by atoms with E-state index in [0.717, 1.165) is 25.7 Å². The van der Waals surface area contributed by atoms with Gasteiger partial charge in [-0.15, -0.1) is 0 Å². The molecule has 2 rings (SSSR count). The molecule has 13 heavy (non-hydrogen) atoms. The molecule has 0 spiro atoms. The van der Waals surface area contributed by atoms with Crippen molar-refractivity contribution in [3.8, 4) is 6.07 Å². The van der Waals surface area contributed by atoms with Crippen LogP contribution in [-0.4, -0.2) is 11.9 Å². The normalized spacial score (nSPS) is 38.5. The van der Waals surface area contributed by atoms with E-state index in [2.05, 4.69) is 11.4 Å². The van der Waals surface area contributed by atoms with Gasteiger partial charge < -0.3 is 5.32 Å². The van der Waals surface area contributed by atoms with Crippen molar-refractivity contribution in [3.05, 3.63) is 0 Å². The molecule has 1 saturated heterocycles. The van der Waals surface area contributed by atoms with Crippen LogP contribution in [0.15, 0.2) is 0 Å². The molecule has 2 aliphatic rings. The second-order valence-corrected chi connectivity index (χ2v) is 4.14. The molecule has 2 fully saturated rings. The Balaban J connectivity index is 2.21. The van der Waals surface area contributed by atoms with Crippen molar-refractivity contribution < 1.29 is 4.79 Å². The summed E-state index contributed by atoms with van der Waals surface area (Å²) in [6.07, 6.45) is 3.76. The monoisotopic (exact) mass is 178 g/mol. The summed E-state index contributed by atoms with van der Waals surface area (Å²) in [4.78, 5) is 11.6. The van der Waals surface area contributed by atoms with E-state index in [9.17, 15) is 4.79 Å². The van der Waals surface area contributed by atoms with Crippen molar-refractivity contribution in [2.24, 2.45) is 11.3 Å². The topological polar surface area (TPSA) is 52.9 Å². The van der Waals surface area contributed by atoms with Crippen LogP contribution in [0.1, 0.15) is 32.6 Å². The van der Waals surface area contributed by atoms with Crippen LogP contribution in [0, 0.1) is 22.7 Å². The first-order chi connectivity index (χ1) is 6.23. The molecule has 0 radical (unpaired) electrons. The Bertz CT molecular complexity index is 277. The maximum Gasteiger partial charge on any atom is 0.241 e. The number of amides is 1. The summed E-state index contributed by atoms with van der Waals surface area (Å²) in [5.41, 5.74) is -0.666. The number of hydrogen-bond acceptors (Lipinski definition) is 2. The maximum atomic E-state index is 11.6. The van der Waals surface area contributed by atoms with E-state index in [1.165, 1.54) is 0 Å². The molecule has 1 aliphatic carbocycles. The van der Waals surface area contributed by atoms with Crippen LogP contribution >= 0.6 is 0 Å². The van der Waals surface area contributed by atoms with Gasteiger partial charge in [0.25, 0.3) is 0 Å². The Kier molecular flexibility index (Phi) is 1.80. The minimum atomic E-state index is -0.666. The van der Waals surface area contributed by atoms with Gasteiger partial charge in [-0.25, -0.2) is 0 Å². The molecule has 0 bridgehead atoms. The Labute approximate surface area is 78.1 Å². The lowest BCUT2D eigenvalue weighted by Crippen LogP contribution is -2.32. The lowest BCUT2D eigenvalue weighted by atomic mass is 9.81. The van der Waals surface area contributed by atoms with E-state index in [-0.39, 0.29) is 11.9 Å². The first-order valence-corrected chi connectivity index (χ1v) is 4.95. The Morgan fingerprint density at radius 2 is 2.38 bits per heavy atom. The smallest absolute Gasteiger partial charge is 0.241 e. The maximum absolute atomic E-state index is 11.6. The number of nitrogens with zero attached hydrogens (tertiary/aromatic N) is 1. The van der Waals surface area contributed by atoms with E-state index in [1.807, 2.05) is 6.92 Å². The van der Waals surface area contributed by atoms with E-state index in [1.54, 1.807) is 0 Å². The standard InChI is InChI=1S/C10H14N2O/c1-2-8-5-10(6-11,7-3-4-7)9(13)12-8/h7-8H,2-5H2,1H3,(H,12,13). The highest BCUT2D eigenvalue weighted by Crippen LogP contribution is 2.50.